The molecule has 136 valence electrons. The average Bonchev–Trinajstić information content (AvgIpc) is 3.18. The number of carbonyl (C=O) groups is 1. The van der Waals surface area contributed by atoms with Gasteiger partial charge in [0.2, 0.25) is 0 Å². The van der Waals surface area contributed by atoms with Crippen LogP contribution in [0.25, 0.3) is 0 Å². The number of carbonyl (C=O) groups excluding carboxylic acids is 1. The van der Waals surface area contributed by atoms with E-state index in [4.69, 9.17) is 0 Å². The van der Waals surface area contributed by atoms with Gasteiger partial charge in [-0.3, -0.25) is 14.9 Å². The number of nitrogens with zero attached hydrogens (tertiary/aromatic N) is 2. The standard InChI is InChI=1S/C20H21FN2O3/c21-17-9-5-15(6-10-17)13-14-22(18-3-1-2-4-18)20(24)16-7-11-19(12-8-16)23(25)26/h5-12,18H,1-4,13-14H2. The van der Waals surface area contributed by atoms with Gasteiger partial charge in [-0.25, -0.2) is 4.39 Å². The molecule has 2 aromatic carbocycles. The zero-order valence-corrected chi connectivity index (χ0v) is 14.4. The van der Waals surface area contributed by atoms with Crippen LogP contribution in [0.5, 0.6) is 0 Å². The normalized spacial score (nSPS) is 14.3. The van der Waals surface area contributed by atoms with Gasteiger partial charge in [0, 0.05) is 30.3 Å². The molecule has 1 saturated carbocycles. The van der Waals surface area contributed by atoms with Crippen molar-refractivity contribution in [2.24, 2.45) is 0 Å². The van der Waals surface area contributed by atoms with Gasteiger partial charge in [-0.1, -0.05) is 25.0 Å². The van der Waals surface area contributed by atoms with Crippen LogP contribution in [0.2, 0.25) is 0 Å². The van der Waals surface area contributed by atoms with Crippen LogP contribution in [-0.2, 0) is 6.42 Å². The molecule has 1 fully saturated rings. The van der Waals surface area contributed by atoms with E-state index in [1.807, 2.05) is 4.90 Å². The summed E-state index contributed by atoms with van der Waals surface area (Å²) in [6.07, 6.45) is 4.80. The zero-order valence-electron chi connectivity index (χ0n) is 14.4. The fourth-order valence-electron chi connectivity index (χ4n) is 3.46. The van der Waals surface area contributed by atoms with Gasteiger partial charge < -0.3 is 4.90 Å². The first-order valence-corrected chi connectivity index (χ1v) is 8.84. The molecule has 2 aromatic rings. The zero-order chi connectivity index (χ0) is 18.5. The van der Waals surface area contributed by atoms with Crippen molar-refractivity contribution in [3.8, 4) is 0 Å². The lowest BCUT2D eigenvalue weighted by atomic mass is 10.1. The molecular formula is C20H21FN2O3. The third kappa shape index (κ3) is 4.25. The maximum Gasteiger partial charge on any atom is 0.269 e. The van der Waals surface area contributed by atoms with Gasteiger partial charge in [0.05, 0.1) is 4.92 Å². The summed E-state index contributed by atoms with van der Waals surface area (Å²) in [4.78, 5) is 25.2. The highest BCUT2D eigenvalue weighted by Crippen LogP contribution is 2.26. The largest absolute Gasteiger partial charge is 0.335 e. The molecule has 0 N–H and O–H groups in total. The number of hydrogen-bond acceptors (Lipinski definition) is 3. The summed E-state index contributed by atoms with van der Waals surface area (Å²) in [7, 11) is 0. The molecule has 3 rings (SSSR count). The van der Waals surface area contributed by atoms with E-state index in [9.17, 15) is 19.3 Å². The molecule has 1 amide bonds. The van der Waals surface area contributed by atoms with Crippen molar-refractivity contribution in [1.82, 2.24) is 4.90 Å². The lowest BCUT2D eigenvalue weighted by Crippen LogP contribution is -2.40. The van der Waals surface area contributed by atoms with Crippen LogP contribution in [0.3, 0.4) is 0 Å². The minimum absolute atomic E-state index is 0.0275. The highest BCUT2D eigenvalue weighted by Gasteiger charge is 2.27. The first-order chi connectivity index (χ1) is 12.5. The van der Waals surface area contributed by atoms with Crippen LogP contribution in [0, 0.1) is 15.9 Å². The van der Waals surface area contributed by atoms with Crippen molar-refractivity contribution in [1.29, 1.82) is 0 Å². The Morgan fingerprint density at radius 2 is 1.69 bits per heavy atom. The van der Waals surface area contributed by atoms with E-state index >= 15 is 0 Å². The van der Waals surface area contributed by atoms with E-state index in [0.29, 0.717) is 18.5 Å². The van der Waals surface area contributed by atoms with Crippen molar-refractivity contribution in [3.63, 3.8) is 0 Å². The van der Waals surface area contributed by atoms with E-state index in [1.165, 1.54) is 36.4 Å². The Balaban J connectivity index is 1.75. The monoisotopic (exact) mass is 356 g/mol. The predicted octanol–water partition coefficient (Wildman–Crippen LogP) is 4.36. The summed E-state index contributed by atoms with van der Waals surface area (Å²) >= 11 is 0. The van der Waals surface area contributed by atoms with Gasteiger partial charge in [-0.05, 0) is 49.1 Å². The summed E-state index contributed by atoms with van der Waals surface area (Å²) in [5.41, 5.74) is 1.41. The Morgan fingerprint density at radius 3 is 2.27 bits per heavy atom. The molecule has 1 aliphatic carbocycles. The van der Waals surface area contributed by atoms with Crippen LogP contribution in [-0.4, -0.2) is 28.3 Å². The molecule has 0 heterocycles. The molecule has 0 saturated heterocycles. The topological polar surface area (TPSA) is 63.4 Å². The highest BCUT2D eigenvalue weighted by molar-refractivity contribution is 5.94. The maximum atomic E-state index is 13.1. The number of amides is 1. The van der Waals surface area contributed by atoms with Crippen LogP contribution in [0.1, 0.15) is 41.6 Å². The highest BCUT2D eigenvalue weighted by atomic mass is 19.1. The Hall–Kier alpha value is -2.76. The summed E-state index contributed by atoms with van der Waals surface area (Å²) in [5, 5.41) is 10.8. The first-order valence-electron chi connectivity index (χ1n) is 8.84. The molecule has 0 radical (unpaired) electrons. The second-order valence-corrected chi connectivity index (χ2v) is 6.62. The Morgan fingerprint density at radius 1 is 1.08 bits per heavy atom. The van der Waals surface area contributed by atoms with Gasteiger partial charge in [0.25, 0.3) is 11.6 Å². The number of hydrogen-bond donors (Lipinski definition) is 0. The second kappa shape index (κ2) is 8.08. The van der Waals surface area contributed by atoms with Crippen LogP contribution < -0.4 is 0 Å². The molecule has 0 atom stereocenters. The van der Waals surface area contributed by atoms with Gasteiger partial charge in [0.15, 0.2) is 0 Å². The second-order valence-electron chi connectivity index (χ2n) is 6.62. The first kappa shape index (κ1) is 18.0. The smallest absolute Gasteiger partial charge is 0.269 e. The molecule has 0 bridgehead atoms. The molecule has 0 spiro atoms. The SMILES string of the molecule is O=C(c1ccc([N+](=O)[O-])cc1)N(CCc1ccc(F)cc1)C1CCCC1. The molecule has 0 unspecified atom stereocenters. The maximum absolute atomic E-state index is 13.1. The van der Waals surface area contributed by atoms with Crippen molar-refractivity contribution >= 4 is 11.6 Å². The van der Waals surface area contributed by atoms with Crippen LogP contribution in [0.4, 0.5) is 10.1 Å². The average molecular weight is 356 g/mol. The van der Waals surface area contributed by atoms with Crippen molar-refractivity contribution in [2.45, 2.75) is 38.1 Å². The summed E-state index contributed by atoms with van der Waals surface area (Å²) in [5.74, 6) is -0.378. The van der Waals surface area contributed by atoms with Gasteiger partial charge in [-0.2, -0.15) is 0 Å². The molecule has 1 aliphatic rings. The number of halogens is 1. The fraction of sp³-hybridized carbons (Fsp3) is 0.350. The Labute approximate surface area is 151 Å². The van der Waals surface area contributed by atoms with Crippen LogP contribution >= 0.6 is 0 Å². The number of non-ortho nitro benzene ring substituents is 1. The van der Waals surface area contributed by atoms with Gasteiger partial charge in [0.1, 0.15) is 5.82 Å². The third-order valence-electron chi connectivity index (χ3n) is 4.91. The predicted molar refractivity (Wildman–Crippen MR) is 96.5 cm³/mol. The molecule has 5 nitrogen and oxygen atoms in total. The van der Waals surface area contributed by atoms with E-state index in [0.717, 1.165) is 31.2 Å². The van der Waals surface area contributed by atoms with E-state index in [2.05, 4.69) is 0 Å². The Bertz CT molecular complexity index is 769. The molecule has 6 heteroatoms. The summed E-state index contributed by atoms with van der Waals surface area (Å²) in [6.45, 7) is 0.548. The van der Waals surface area contributed by atoms with Crippen molar-refractivity contribution < 1.29 is 14.1 Å². The van der Waals surface area contributed by atoms with Crippen molar-refractivity contribution in [2.75, 3.05) is 6.54 Å². The summed E-state index contributed by atoms with van der Waals surface area (Å²) in [6, 6.07) is 12.3. The van der Waals surface area contributed by atoms with Crippen LogP contribution in [0.15, 0.2) is 48.5 Å². The fourth-order valence-corrected chi connectivity index (χ4v) is 3.46. The Kier molecular flexibility index (Phi) is 5.61. The van der Waals surface area contributed by atoms with Gasteiger partial charge in [-0.15, -0.1) is 0 Å². The minimum atomic E-state index is -0.475. The molecule has 0 aromatic heterocycles. The summed E-state index contributed by atoms with van der Waals surface area (Å²) < 4.78 is 13.1. The van der Waals surface area contributed by atoms with E-state index < -0.39 is 4.92 Å². The van der Waals surface area contributed by atoms with E-state index in [1.54, 1.807) is 12.1 Å². The third-order valence-corrected chi connectivity index (χ3v) is 4.91. The van der Waals surface area contributed by atoms with E-state index in [-0.39, 0.29) is 23.5 Å². The molecule has 0 aliphatic heterocycles. The lowest BCUT2D eigenvalue weighted by Gasteiger charge is -2.29. The number of nitro groups is 1. The number of nitro benzene ring substituents is 1. The minimum Gasteiger partial charge on any atom is -0.335 e. The number of rotatable bonds is 6. The molecular weight excluding hydrogens is 335 g/mol. The van der Waals surface area contributed by atoms with Crippen molar-refractivity contribution in [3.05, 3.63) is 75.6 Å². The molecule has 26 heavy (non-hydrogen) atoms. The lowest BCUT2D eigenvalue weighted by molar-refractivity contribution is -0.384. The number of benzene rings is 2. The van der Waals surface area contributed by atoms with Gasteiger partial charge >= 0.3 is 0 Å². The quantitative estimate of drug-likeness (QED) is 0.570.